The van der Waals surface area contributed by atoms with Crippen LogP contribution in [0.4, 0.5) is 0 Å². The fourth-order valence-electron chi connectivity index (χ4n) is 3.31. The minimum atomic E-state index is 0.457. The lowest BCUT2D eigenvalue weighted by atomic mass is 10.0. The van der Waals surface area contributed by atoms with Crippen LogP contribution >= 0.6 is 0 Å². The molecule has 100 valence electrons. The van der Waals surface area contributed by atoms with Crippen LogP contribution in [0.25, 0.3) is 0 Å². The Morgan fingerprint density at radius 3 is 2.83 bits per heavy atom. The van der Waals surface area contributed by atoms with E-state index in [0.717, 1.165) is 24.7 Å². The zero-order valence-corrected chi connectivity index (χ0v) is 11.8. The fourth-order valence-corrected chi connectivity index (χ4v) is 3.31. The Morgan fingerprint density at radius 2 is 2.06 bits per heavy atom. The van der Waals surface area contributed by atoms with E-state index in [2.05, 4.69) is 30.4 Å². The second-order valence-electron chi connectivity index (χ2n) is 6.20. The Kier molecular flexibility index (Phi) is 3.14. The van der Waals surface area contributed by atoms with E-state index in [1.54, 1.807) is 0 Å². The average molecular weight is 248 g/mol. The molecule has 1 aromatic rings. The number of hydrogen-bond acceptors (Lipinski definition) is 3. The summed E-state index contributed by atoms with van der Waals surface area (Å²) < 4.78 is 2.14. The fraction of sp³-hybridized carbons (Fsp3) is 0.857. The Labute approximate surface area is 109 Å². The smallest absolute Gasteiger partial charge is 0.168 e. The SMILES string of the molecule is CC1CCn2nc(C3CCCN3C(C)C)nc2C1. The van der Waals surface area contributed by atoms with E-state index >= 15 is 0 Å². The molecular weight excluding hydrogens is 224 g/mol. The second kappa shape index (κ2) is 4.65. The van der Waals surface area contributed by atoms with Gasteiger partial charge in [-0.15, -0.1) is 0 Å². The highest BCUT2D eigenvalue weighted by atomic mass is 15.4. The third kappa shape index (κ3) is 2.07. The molecule has 0 amide bonds. The molecule has 0 N–H and O–H groups in total. The van der Waals surface area contributed by atoms with Gasteiger partial charge < -0.3 is 0 Å². The third-order valence-corrected chi connectivity index (χ3v) is 4.38. The van der Waals surface area contributed by atoms with Crippen LogP contribution in [0.5, 0.6) is 0 Å². The maximum Gasteiger partial charge on any atom is 0.168 e. The Bertz CT molecular complexity index is 423. The van der Waals surface area contributed by atoms with Crippen molar-refractivity contribution in [3.8, 4) is 0 Å². The summed E-state index contributed by atoms with van der Waals surface area (Å²) in [5.74, 6) is 3.05. The first-order chi connectivity index (χ1) is 8.65. The number of aromatic nitrogens is 3. The summed E-state index contributed by atoms with van der Waals surface area (Å²) in [5.41, 5.74) is 0. The number of fused-ring (bicyclic) bond motifs is 1. The first-order valence-corrected chi connectivity index (χ1v) is 7.34. The van der Waals surface area contributed by atoms with Gasteiger partial charge in [-0.3, -0.25) is 4.90 Å². The van der Waals surface area contributed by atoms with Gasteiger partial charge in [0.2, 0.25) is 0 Å². The molecule has 0 bridgehead atoms. The molecule has 0 radical (unpaired) electrons. The maximum atomic E-state index is 4.83. The van der Waals surface area contributed by atoms with Crippen LogP contribution in [-0.4, -0.2) is 32.3 Å². The van der Waals surface area contributed by atoms with Crippen molar-refractivity contribution in [1.82, 2.24) is 19.7 Å². The number of nitrogens with zero attached hydrogens (tertiary/aromatic N) is 4. The van der Waals surface area contributed by atoms with Crippen molar-refractivity contribution in [2.45, 2.75) is 65.1 Å². The van der Waals surface area contributed by atoms with Crippen molar-refractivity contribution in [2.24, 2.45) is 5.92 Å². The van der Waals surface area contributed by atoms with Crippen LogP contribution < -0.4 is 0 Å². The van der Waals surface area contributed by atoms with E-state index in [9.17, 15) is 0 Å². The van der Waals surface area contributed by atoms with Gasteiger partial charge in [0, 0.05) is 19.0 Å². The van der Waals surface area contributed by atoms with E-state index in [1.165, 1.54) is 31.6 Å². The highest BCUT2D eigenvalue weighted by molar-refractivity contribution is 5.04. The lowest BCUT2D eigenvalue weighted by Gasteiger charge is -2.26. The number of rotatable bonds is 2. The van der Waals surface area contributed by atoms with E-state index in [1.807, 2.05) is 0 Å². The topological polar surface area (TPSA) is 34.0 Å². The zero-order chi connectivity index (χ0) is 12.7. The summed E-state index contributed by atoms with van der Waals surface area (Å²) in [6, 6.07) is 1.05. The van der Waals surface area contributed by atoms with Gasteiger partial charge in [0.25, 0.3) is 0 Å². The van der Waals surface area contributed by atoms with Crippen molar-refractivity contribution >= 4 is 0 Å². The molecule has 0 aromatic carbocycles. The lowest BCUT2D eigenvalue weighted by Crippen LogP contribution is -2.30. The summed E-state index contributed by atoms with van der Waals surface area (Å²) in [5, 5.41) is 4.76. The maximum absolute atomic E-state index is 4.83. The van der Waals surface area contributed by atoms with Gasteiger partial charge in [-0.1, -0.05) is 6.92 Å². The molecule has 3 rings (SSSR count). The molecule has 0 spiro atoms. The van der Waals surface area contributed by atoms with Crippen LogP contribution in [0, 0.1) is 5.92 Å². The Morgan fingerprint density at radius 1 is 1.22 bits per heavy atom. The van der Waals surface area contributed by atoms with Crippen LogP contribution in [0.2, 0.25) is 0 Å². The quantitative estimate of drug-likeness (QED) is 0.806. The van der Waals surface area contributed by atoms with Gasteiger partial charge in [-0.25, -0.2) is 9.67 Å². The normalized spacial score (nSPS) is 28.9. The number of hydrogen-bond donors (Lipinski definition) is 0. The Hall–Kier alpha value is -0.900. The molecule has 4 heteroatoms. The molecular formula is C14H24N4. The summed E-state index contributed by atoms with van der Waals surface area (Å²) in [6.07, 6.45) is 4.84. The molecule has 18 heavy (non-hydrogen) atoms. The molecule has 4 nitrogen and oxygen atoms in total. The number of likely N-dealkylation sites (tertiary alicyclic amines) is 1. The molecule has 1 aromatic heterocycles. The highest BCUT2D eigenvalue weighted by Crippen LogP contribution is 2.32. The van der Waals surface area contributed by atoms with Crippen molar-refractivity contribution in [3.05, 3.63) is 11.6 Å². The predicted molar refractivity (Wildman–Crippen MR) is 71.3 cm³/mol. The number of aryl methyl sites for hydroxylation is 1. The molecule has 1 fully saturated rings. The van der Waals surface area contributed by atoms with E-state index in [0.29, 0.717) is 12.1 Å². The largest absolute Gasteiger partial charge is 0.291 e. The standard InChI is InChI=1S/C14H24N4/c1-10(2)17-7-4-5-12(17)14-15-13-9-11(3)6-8-18(13)16-14/h10-12H,4-9H2,1-3H3. The van der Waals surface area contributed by atoms with Crippen LogP contribution in [-0.2, 0) is 13.0 Å². The molecule has 2 unspecified atom stereocenters. The van der Waals surface area contributed by atoms with Gasteiger partial charge in [0.1, 0.15) is 5.82 Å². The summed E-state index contributed by atoms with van der Waals surface area (Å²) >= 11 is 0. The zero-order valence-electron chi connectivity index (χ0n) is 11.8. The average Bonchev–Trinajstić information content (AvgIpc) is 2.93. The first kappa shape index (κ1) is 12.2. The molecule has 2 aliphatic rings. The van der Waals surface area contributed by atoms with Gasteiger partial charge in [-0.2, -0.15) is 5.10 Å². The van der Waals surface area contributed by atoms with Gasteiger partial charge in [0.05, 0.1) is 6.04 Å². The van der Waals surface area contributed by atoms with E-state index < -0.39 is 0 Å². The molecule has 3 heterocycles. The van der Waals surface area contributed by atoms with Crippen molar-refractivity contribution in [3.63, 3.8) is 0 Å². The molecule has 0 aliphatic carbocycles. The monoisotopic (exact) mass is 248 g/mol. The van der Waals surface area contributed by atoms with E-state index in [-0.39, 0.29) is 0 Å². The molecule has 2 atom stereocenters. The highest BCUT2D eigenvalue weighted by Gasteiger charge is 2.32. The Balaban J connectivity index is 1.84. The first-order valence-electron chi connectivity index (χ1n) is 7.34. The van der Waals surface area contributed by atoms with Crippen LogP contribution in [0.15, 0.2) is 0 Å². The van der Waals surface area contributed by atoms with Crippen LogP contribution in [0.1, 0.15) is 57.7 Å². The third-order valence-electron chi connectivity index (χ3n) is 4.38. The lowest BCUT2D eigenvalue weighted by molar-refractivity contribution is 0.198. The van der Waals surface area contributed by atoms with Gasteiger partial charge in [0.15, 0.2) is 5.82 Å². The van der Waals surface area contributed by atoms with Crippen molar-refractivity contribution in [2.75, 3.05) is 6.54 Å². The van der Waals surface area contributed by atoms with Gasteiger partial charge in [-0.05, 0) is 45.6 Å². The minimum Gasteiger partial charge on any atom is -0.291 e. The molecule has 0 saturated carbocycles. The molecule has 1 saturated heterocycles. The van der Waals surface area contributed by atoms with Crippen molar-refractivity contribution in [1.29, 1.82) is 0 Å². The van der Waals surface area contributed by atoms with Crippen molar-refractivity contribution < 1.29 is 0 Å². The predicted octanol–water partition coefficient (Wildman–Crippen LogP) is 2.41. The summed E-state index contributed by atoms with van der Waals surface area (Å²) in [7, 11) is 0. The van der Waals surface area contributed by atoms with Crippen LogP contribution in [0.3, 0.4) is 0 Å². The van der Waals surface area contributed by atoms with E-state index in [4.69, 9.17) is 10.1 Å². The van der Waals surface area contributed by atoms with Gasteiger partial charge >= 0.3 is 0 Å². The second-order valence-corrected chi connectivity index (χ2v) is 6.20. The molecule has 2 aliphatic heterocycles. The summed E-state index contributed by atoms with van der Waals surface area (Å²) in [4.78, 5) is 7.37. The minimum absolute atomic E-state index is 0.457. The summed E-state index contributed by atoms with van der Waals surface area (Å²) in [6.45, 7) is 9.11.